The van der Waals surface area contributed by atoms with Gasteiger partial charge < -0.3 is 0 Å². The van der Waals surface area contributed by atoms with Crippen LogP contribution >= 0.6 is 0 Å². The summed E-state index contributed by atoms with van der Waals surface area (Å²) in [7, 11) is 0. The maximum Gasteiger partial charge on any atom is -0.0184 e. The third-order valence-electron chi connectivity index (χ3n) is 10.9. The number of rotatable bonds is 4. The van der Waals surface area contributed by atoms with Crippen LogP contribution in [0.5, 0.6) is 0 Å². The van der Waals surface area contributed by atoms with Crippen LogP contribution in [0.1, 0.15) is 0 Å². The van der Waals surface area contributed by atoms with Crippen LogP contribution < -0.4 is 0 Å². The Morgan fingerprint density at radius 3 is 1.51 bits per heavy atom. The predicted octanol–water partition coefficient (Wildman–Crippen LogP) is 13.7. The number of benzene rings is 9. The van der Waals surface area contributed by atoms with Gasteiger partial charge in [-0.05, 0) is 27.6 Å². The quantitative estimate of drug-likeness (QED) is 0.130. The molecule has 0 bridgehead atoms. The van der Waals surface area contributed by atoms with Crippen LogP contribution in [0.25, 0.3) is 107 Å². The third-order valence-corrected chi connectivity index (χ3v) is 13.4. The smallest absolute Gasteiger partial charge is 0.0184 e. The molecule has 0 saturated carbocycles. The molecule has 11 aromatic rings. The standard InChI is InChI=1S/C51H31NSe/c1-3-11-36-29-39(23-19-32(36)9-1)48-42-14-5-6-15-43(42)49(40-24-20-33-10-2-4-12-37(33)30-40)46-31-38(25-26-44(46)48)34-17-21-35(22-18-34)50-51-45(27-28-52-50)41-13-7-8-16-47(41)53-51/h1-31H. The van der Waals surface area contributed by atoms with Crippen molar-refractivity contribution in [3.63, 3.8) is 0 Å². The largest absolute Gasteiger partial charge is 0.0544 e. The van der Waals surface area contributed by atoms with Gasteiger partial charge in [0.25, 0.3) is 0 Å². The number of hydrogen-bond acceptors (Lipinski definition) is 1. The van der Waals surface area contributed by atoms with E-state index in [1.54, 1.807) is 0 Å². The van der Waals surface area contributed by atoms with E-state index in [0.717, 1.165) is 5.69 Å². The van der Waals surface area contributed by atoms with Gasteiger partial charge >= 0.3 is 202 Å². The summed E-state index contributed by atoms with van der Waals surface area (Å²) in [5.41, 5.74) is 9.69. The zero-order valence-electron chi connectivity index (χ0n) is 28.8. The molecule has 0 saturated heterocycles. The molecule has 53 heavy (non-hydrogen) atoms. The fourth-order valence-electron chi connectivity index (χ4n) is 8.35. The Balaban J connectivity index is 1.13. The Morgan fingerprint density at radius 1 is 0.321 bits per heavy atom. The van der Waals surface area contributed by atoms with Crippen LogP contribution in [0.15, 0.2) is 188 Å². The van der Waals surface area contributed by atoms with Crippen LogP contribution in [0, 0.1) is 0 Å². The van der Waals surface area contributed by atoms with Gasteiger partial charge in [-0.2, -0.15) is 0 Å². The van der Waals surface area contributed by atoms with Crippen molar-refractivity contribution in [3.05, 3.63) is 188 Å². The number of pyridine rings is 1. The number of aromatic nitrogens is 1. The first-order valence-corrected chi connectivity index (χ1v) is 19.8. The van der Waals surface area contributed by atoms with Crippen molar-refractivity contribution >= 4 is 76.9 Å². The first-order chi connectivity index (χ1) is 26.3. The van der Waals surface area contributed by atoms with Gasteiger partial charge in [0, 0.05) is 0 Å². The molecular weight excluding hydrogens is 706 g/mol. The molecule has 0 atom stereocenters. The van der Waals surface area contributed by atoms with Crippen molar-refractivity contribution in [2.45, 2.75) is 0 Å². The zero-order chi connectivity index (χ0) is 34.9. The summed E-state index contributed by atoms with van der Waals surface area (Å²) < 4.78 is 2.82. The summed E-state index contributed by atoms with van der Waals surface area (Å²) in [5.74, 6) is 0. The van der Waals surface area contributed by atoms with E-state index in [0.29, 0.717) is 0 Å². The van der Waals surface area contributed by atoms with Crippen molar-refractivity contribution in [1.29, 1.82) is 0 Å². The molecule has 0 N–H and O–H groups in total. The summed E-state index contributed by atoms with van der Waals surface area (Å²) in [6, 6.07) is 67.2. The van der Waals surface area contributed by atoms with Gasteiger partial charge in [-0.25, -0.2) is 0 Å². The molecule has 0 radical (unpaired) electrons. The molecule has 0 amide bonds. The predicted molar refractivity (Wildman–Crippen MR) is 228 cm³/mol. The Morgan fingerprint density at radius 2 is 0.830 bits per heavy atom. The topological polar surface area (TPSA) is 12.9 Å². The van der Waals surface area contributed by atoms with E-state index < -0.39 is 0 Å². The van der Waals surface area contributed by atoms with E-state index in [1.165, 1.54) is 101 Å². The molecule has 246 valence electrons. The average Bonchev–Trinajstić information content (AvgIpc) is 3.61. The van der Waals surface area contributed by atoms with Crippen molar-refractivity contribution in [2.24, 2.45) is 0 Å². The molecule has 0 spiro atoms. The summed E-state index contributed by atoms with van der Waals surface area (Å²) in [6.45, 7) is 0. The summed E-state index contributed by atoms with van der Waals surface area (Å²) in [5, 5.41) is 12.7. The number of hydrogen-bond donors (Lipinski definition) is 0. The van der Waals surface area contributed by atoms with Gasteiger partial charge in [-0.1, -0.05) is 84.9 Å². The summed E-state index contributed by atoms with van der Waals surface area (Å²) in [4.78, 5) is 4.92. The molecule has 0 fully saturated rings. The summed E-state index contributed by atoms with van der Waals surface area (Å²) >= 11 is 0.247. The second kappa shape index (κ2) is 12.1. The third kappa shape index (κ3) is 4.95. The van der Waals surface area contributed by atoms with E-state index >= 15 is 0 Å². The van der Waals surface area contributed by atoms with Crippen LogP contribution in [-0.2, 0) is 0 Å². The van der Waals surface area contributed by atoms with Crippen molar-refractivity contribution in [1.82, 2.24) is 4.98 Å². The Bertz CT molecular complexity index is 3220. The fourth-order valence-corrected chi connectivity index (χ4v) is 10.9. The van der Waals surface area contributed by atoms with E-state index in [9.17, 15) is 0 Å². The minimum atomic E-state index is 0.247. The van der Waals surface area contributed by atoms with Crippen LogP contribution in [-0.4, -0.2) is 19.5 Å². The average molecular weight is 737 g/mol. The molecule has 11 rings (SSSR count). The first kappa shape index (κ1) is 30.3. The molecule has 2 heteroatoms. The minimum Gasteiger partial charge on any atom is -0.0544 e. The molecule has 0 aliphatic heterocycles. The van der Waals surface area contributed by atoms with E-state index in [2.05, 4.69) is 182 Å². The van der Waals surface area contributed by atoms with Gasteiger partial charge in [0.15, 0.2) is 0 Å². The first-order valence-electron chi connectivity index (χ1n) is 18.1. The Kier molecular flexibility index (Phi) is 6.95. The molecule has 2 aromatic heterocycles. The zero-order valence-corrected chi connectivity index (χ0v) is 30.5. The summed E-state index contributed by atoms with van der Waals surface area (Å²) in [6.07, 6.45) is 1.97. The molecule has 0 aliphatic rings. The maximum absolute atomic E-state index is 4.92. The fraction of sp³-hybridized carbons (Fsp3) is 0. The SMILES string of the molecule is c1ccc2cc(-c3c4ccccc4c(-c4ccc5ccccc5c4)c4cc(-c5ccc(-c6nccc7c6[se]c6ccccc67)cc5)ccc34)ccc2c1. The van der Waals surface area contributed by atoms with Crippen molar-refractivity contribution in [3.8, 4) is 44.6 Å². The molecule has 2 heterocycles. The second-order valence-corrected chi connectivity index (χ2v) is 16.1. The monoisotopic (exact) mass is 737 g/mol. The van der Waals surface area contributed by atoms with E-state index in [4.69, 9.17) is 4.98 Å². The van der Waals surface area contributed by atoms with Crippen LogP contribution in [0.4, 0.5) is 0 Å². The molecule has 0 aliphatic carbocycles. The van der Waals surface area contributed by atoms with E-state index in [-0.39, 0.29) is 14.5 Å². The van der Waals surface area contributed by atoms with Crippen molar-refractivity contribution in [2.75, 3.05) is 0 Å². The van der Waals surface area contributed by atoms with Gasteiger partial charge in [0.05, 0.1) is 0 Å². The second-order valence-electron chi connectivity index (χ2n) is 13.9. The number of fused-ring (bicyclic) bond motifs is 7. The van der Waals surface area contributed by atoms with Crippen LogP contribution in [0.3, 0.4) is 0 Å². The van der Waals surface area contributed by atoms with Gasteiger partial charge in [-0.15, -0.1) is 0 Å². The molecule has 0 unspecified atom stereocenters. The Labute approximate surface area is 313 Å². The van der Waals surface area contributed by atoms with Gasteiger partial charge in [0.1, 0.15) is 0 Å². The molecular formula is C51H31NSe. The van der Waals surface area contributed by atoms with Crippen LogP contribution in [0.2, 0.25) is 0 Å². The van der Waals surface area contributed by atoms with Crippen molar-refractivity contribution < 1.29 is 0 Å². The van der Waals surface area contributed by atoms with E-state index in [1.807, 2.05) is 6.20 Å². The van der Waals surface area contributed by atoms with Gasteiger partial charge in [-0.3, -0.25) is 0 Å². The van der Waals surface area contributed by atoms with Gasteiger partial charge in [0.2, 0.25) is 0 Å². The maximum atomic E-state index is 4.92. The molecule has 1 nitrogen and oxygen atoms in total. The molecule has 9 aromatic carbocycles. The minimum absolute atomic E-state index is 0.247. The number of nitrogens with zero attached hydrogens (tertiary/aromatic N) is 1. The Hall–Kier alpha value is -6.31. The normalized spacial score (nSPS) is 11.8.